The Morgan fingerprint density at radius 2 is 2.13 bits per heavy atom. The summed E-state index contributed by atoms with van der Waals surface area (Å²) in [5.74, 6) is 0. The molecule has 0 saturated heterocycles. The van der Waals surface area contributed by atoms with Crippen LogP contribution in [-0.2, 0) is 14.3 Å². The van der Waals surface area contributed by atoms with Gasteiger partial charge in [0.2, 0.25) is 0 Å². The van der Waals surface area contributed by atoms with Crippen LogP contribution in [0.4, 0.5) is 0 Å². The van der Waals surface area contributed by atoms with Gasteiger partial charge < -0.3 is 0 Å². The van der Waals surface area contributed by atoms with E-state index in [1.165, 1.54) is 17.6 Å². The molecule has 0 bridgehead atoms. The van der Waals surface area contributed by atoms with Gasteiger partial charge in [-0.05, 0) is 36.7 Å². The summed E-state index contributed by atoms with van der Waals surface area (Å²) in [5.41, 5.74) is 0.813. The third-order valence-electron chi connectivity index (χ3n) is 2.14. The topological polar surface area (TPSA) is 56.3 Å². The van der Waals surface area contributed by atoms with E-state index >= 15 is 0 Å². The average molecular weight is 243 g/mol. The van der Waals surface area contributed by atoms with E-state index in [1.54, 1.807) is 12.1 Å². The molecule has 0 fully saturated rings. The Morgan fingerprint density at radius 3 is 2.80 bits per heavy atom. The van der Waals surface area contributed by atoms with Gasteiger partial charge in [-0.25, -0.2) is 0 Å². The Bertz CT molecular complexity index is 601. The predicted molar refractivity (Wildman–Crippen MR) is 58.6 cm³/mol. The fourth-order valence-corrected chi connectivity index (χ4v) is 2.64. The first-order chi connectivity index (χ1) is 7.04. The molecular formula is C9H9NO3S2. The molecule has 0 atom stereocenters. The Hall–Kier alpha value is -0.980. The van der Waals surface area contributed by atoms with Crippen molar-refractivity contribution < 1.29 is 12.6 Å². The molecule has 15 heavy (non-hydrogen) atoms. The molecule has 0 saturated carbocycles. The molecule has 0 aliphatic rings. The lowest BCUT2D eigenvalue weighted by atomic mass is 10.2. The standard InChI is InChI=1S/C9H9NO3S2/c1-6-8-5-7(15(11,12)13-2)3-4-9(8)10-14-6/h3-5H,1-2H3. The van der Waals surface area contributed by atoms with Crippen LogP contribution < -0.4 is 0 Å². The van der Waals surface area contributed by atoms with Gasteiger partial charge in [0.15, 0.2) is 0 Å². The van der Waals surface area contributed by atoms with E-state index in [0.29, 0.717) is 0 Å². The molecule has 0 aliphatic heterocycles. The highest BCUT2D eigenvalue weighted by Gasteiger charge is 2.14. The van der Waals surface area contributed by atoms with Crippen molar-refractivity contribution in [3.05, 3.63) is 23.1 Å². The first kappa shape index (κ1) is 10.5. The van der Waals surface area contributed by atoms with Crippen molar-refractivity contribution in [2.45, 2.75) is 11.8 Å². The van der Waals surface area contributed by atoms with E-state index in [2.05, 4.69) is 8.56 Å². The quantitative estimate of drug-likeness (QED) is 0.756. The minimum atomic E-state index is -3.61. The second-order valence-electron chi connectivity index (χ2n) is 3.04. The molecule has 0 unspecified atom stereocenters. The zero-order valence-corrected chi connectivity index (χ0v) is 9.85. The van der Waals surface area contributed by atoms with Crippen LogP contribution in [0.25, 0.3) is 10.9 Å². The van der Waals surface area contributed by atoms with Crippen LogP contribution in [-0.4, -0.2) is 19.9 Å². The Balaban J connectivity index is 2.70. The van der Waals surface area contributed by atoms with Crippen LogP contribution in [0.2, 0.25) is 0 Å². The summed E-state index contributed by atoms with van der Waals surface area (Å²) in [7, 11) is -2.46. The van der Waals surface area contributed by atoms with Crippen LogP contribution in [0.5, 0.6) is 0 Å². The highest BCUT2D eigenvalue weighted by atomic mass is 32.2. The van der Waals surface area contributed by atoms with Crippen LogP contribution >= 0.6 is 11.5 Å². The molecule has 0 spiro atoms. The molecule has 0 radical (unpaired) electrons. The maximum atomic E-state index is 11.4. The molecule has 1 aromatic heterocycles. The number of hydrogen-bond donors (Lipinski definition) is 0. The van der Waals surface area contributed by atoms with Gasteiger partial charge in [0.25, 0.3) is 10.1 Å². The van der Waals surface area contributed by atoms with Crippen molar-refractivity contribution >= 4 is 32.6 Å². The number of hydrogen-bond acceptors (Lipinski definition) is 5. The predicted octanol–water partition coefficient (Wildman–Crippen LogP) is 1.94. The highest BCUT2D eigenvalue weighted by Crippen LogP contribution is 2.24. The third kappa shape index (κ3) is 1.75. The third-order valence-corrected chi connectivity index (χ3v) is 4.19. The van der Waals surface area contributed by atoms with Gasteiger partial charge >= 0.3 is 0 Å². The van der Waals surface area contributed by atoms with Crippen molar-refractivity contribution in [1.29, 1.82) is 0 Å². The van der Waals surface area contributed by atoms with Gasteiger partial charge in [0.05, 0.1) is 17.5 Å². The monoisotopic (exact) mass is 243 g/mol. The first-order valence-electron chi connectivity index (χ1n) is 4.21. The van der Waals surface area contributed by atoms with Crippen molar-refractivity contribution in [2.24, 2.45) is 0 Å². The highest BCUT2D eigenvalue weighted by molar-refractivity contribution is 7.86. The molecule has 1 heterocycles. The second kappa shape index (κ2) is 3.55. The van der Waals surface area contributed by atoms with Gasteiger partial charge in [-0.1, -0.05) is 0 Å². The number of aromatic nitrogens is 1. The van der Waals surface area contributed by atoms with E-state index in [4.69, 9.17) is 0 Å². The van der Waals surface area contributed by atoms with E-state index < -0.39 is 10.1 Å². The summed E-state index contributed by atoms with van der Waals surface area (Å²) >= 11 is 1.36. The van der Waals surface area contributed by atoms with E-state index in [9.17, 15) is 8.42 Å². The number of aryl methyl sites for hydroxylation is 1. The molecule has 80 valence electrons. The molecule has 0 amide bonds. The minimum absolute atomic E-state index is 0.167. The van der Waals surface area contributed by atoms with Crippen LogP contribution in [0.15, 0.2) is 23.1 Å². The molecule has 0 N–H and O–H groups in total. The SMILES string of the molecule is COS(=O)(=O)c1ccc2nsc(C)c2c1. The molecule has 2 aromatic rings. The largest absolute Gasteiger partial charge is 0.296 e. The fourth-order valence-electron chi connectivity index (χ4n) is 1.30. The minimum Gasteiger partial charge on any atom is -0.270 e. The molecule has 2 rings (SSSR count). The first-order valence-corrected chi connectivity index (χ1v) is 6.39. The molecule has 4 nitrogen and oxygen atoms in total. The fraction of sp³-hybridized carbons (Fsp3) is 0.222. The molecule has 6 heteroatoms. The van der Waals surface area contributed by atoms with Gasteiger partial charge in [-0.2, -0.15) is 12.8 Å². The van der Waals surface area contributed by atoms with E-state index in [-0.39, 0.29) is 4.90 Å². The summed E-state index contributed by atoms with van der Waals surface area (Å²) in [6, 6.07) is 4.78. The molecule has 0 aliphatic carbocycles. The lowest BCUT2D eigenvalue weighted by molar-refractivity contribution is 0.398. The number of fused-ring (bicyclic) bond motifs is 1. The number of nitrogens with zero attached hydrogens (tertiary/aromatic N) is 1. The summed E-state index contributed by atoms with van der Waals surface area (Å²) in [6.07, 6.45) is 0. The lowest BCUT2D eigenvalue weighted by Gasteiger charge is -2.00. The summed E-state index contributed by atoms with van der Waals surface area (Å²) in [5, 5.41) is 0.859. The van der Waals surface area contributed by atoms with Crippen LogP contribution in [0.3, 0.4) is 0 Å². The van der Waals surface area contributed by atoms with Gasteiger partial charge in [0, 0.05) is 10.3 Å². The molecular weight excluding hydrogens is 234 g/mol. The second-order valence-corrected chi connectivity index (χ2v) is 5.73. The van der Waals surface area contributed by atoms with E-state index in [0.717, 1.165) is 22.9 Å². The van der Waals surface area contributed by atoms with Gasteiger partial charge in [0.1, 0.15) is 0 Å². The maximum Gasteiger partial charge on any atom is 0.296 e. The zero-order chi connectivity index (χ0) is 11.1. The molecule has 1 aromatic carbocycles. The zero-order valence-electron chi connectivity index (χ0n) is 8.22. The van der Waals surface area contributed by atoms with Crippen LogP contribution in [0.1, 0.15) is 4.88 Å². The van der Waals surface area contributed by atoms with Crippen molar-refractivity contribution in [1.82, 2.24) is 4.37 Å². The summed E-state index contributed by atoms with van der Waals surface area (Å²) in [6.45, 7) is 1.91. The van der Waals surface area contributed by atoms with Crippen molar-refractivity contribution in [2.75, 3.05) is 7.11 Å². The number of benzene rings is 1. The average Bonchev–Trinajstić information content (AvgIpc) is 2.60. The Morgan fingerprint density at radius 1 is 1.40 bits per heavy atom. The Kier molecular flexibility index (Phi) is 2.49. The summed E-state index contributed by atoms with van der Waals surface area (Å²) in [4.78, 5) is 1.17. The van der Waals surface area contributed by atoms with Crippen molar-refractivity contribution in [3.63, 3.8) is 0 Å². The normalized spacial score (nSPS) is 12.1. The van der Waals surface area contributed by atoms with Gasteiger partial charge in [-0.15, -0.1) is 0 Å². The maximum absolute atomic E-state index is 11.4. The number of rotatable bonds is 2. The van der Waals surface area contributed by atoms with Gasteiger partial charge in [-0.3, -0.25) is 4.18 Å². The Labute approximate surface area is 91.8 Å². The van der Waals surface area contributed by atoms with Crippen molar-refractivity contribution in [3.8, 4) is 0 Å². The smallest absolute Gasteiger partial charge is 0.270 e. The lowest BCUT2D eigenvalue weighted by Crippen LogP contribution is -2.02. The van der Waals surface area contributed by atoms with Crippen LogP contribution in [0, 0.1) is 6.92 Å². The summed E-state index contributed by atoms with van der Waals surface area (Å²) < 4.78 is 31.5. The van der Waals surface area contributed by atoms with E-state index in [1.807, 2.05) is 6.92 Å².